The molecule has 0 bridgehead atoms. The summed E-state index contributed by atoms with van der Waals surface area (Å²) in [5, 5.41) is 15.9. The fourth-order valence-corrected chi connectivity index (χ4v) is 0.276. The number of aliphatic hydroxyl groups excluding tert-OH is 1. The Labute approximate surface area is 45.5 Å². The molecule has 4 heteroatoms. The van der Waals surface area contributed by atoms with Gasteiger partial charge in [0.25, 0.3) is 0 Å². The van der Waals surface area contributed by atoms with Crippen LogP contribution in [0.3, 0.4) is 0 Å². The first-order valence-electron chi connectivity index (χ1n) is 1.67. The maximum Gasteiger partial charge on any atom is 0.307 e. The number of alkyl halides is 1. The molecule has 0 amide bonds. The number of carboxylic acid groups (broad SMARTS) is 1. The van der Waals surface area contributed by atoms with Crippen molar-refractivity contribution in [1.82, 2.24) is 0 Å². The van der Waals surface area contributed by atoms with Crippen LogP contribution in [0.15, 0.2) is 0 Å². The Hall–Kier alpha value is -0.280. The lowest BCUT2D eigenvalue weighted by Crippen LogP contribution is -2.04. The van der Waals surface area contributed by atoms with Crippen LogP contribution in [0.4, 0.5) is 0 Å². The molecular weight excluding hydrogens is 119 g/mol. The fraction of sp³-hybridized carbons (Fsp3) is 0.667. The molecule has 1 atom stereocenters. The highest BCUT2D eigenvalue weighted by Gasteiger charge is 2.02. The van der Waals surface area contributed by atoms with Gasteiger partial charge in [-0.1, -0.05) is 11.6 Å². The van der Waals surface area contributed by atoms with Gasteiger partial charge in [-0.25, -0.2) is 0 Å². The maximum absolute atomic E-state index is 9.57. The molecule has 1 unspecified atom stereocenters. The molecule has 0 aliphatic heterocycles. The van der Waals surface area contributed by atoms with Crippen molar-refractivity contribution in [3.63, 3.8) is 0 Å². The van der Waals surface area contributed by atoms with Gasteiger partial charge in [0.05, 0.1) is 6.42 Å². The summed E-state index contributed by atoms with van der Waals surface area (Å²) in [6, 6.07) is 0. The van der Waals surface area contributed by atoms with Gasteiger partial charge in [0.15, 0.2) is 0 Å². The Morgan fingerprint density at radius 3 is 2.29 bits per heavy atom. The minimum Gasteiger partial charge on any atom is -0.481 e. The predicted molar refractivity (Wildman–Crippen MR) is 24.1 cm³/mol. The van der Waals surface area contributed by atoms with Crippen molar-refractivity contribution >= 4 is 17.6 Å². The average molecular weight is 125 g/mol. The van der Waals surface area contributed by atoms with Crippen LogP contribution in [0.5, 0.6) is 0 Å². The molecule has 2 N–H and O–H groups in total. The predicted octanol–water partition coefficient (Wildman–Crippen LogP) is 0.0183. The van der Waals surface area contributed by atoms with Gasteiger partial charge < -0.3 is 10.2 Å². The number of carbonyl (C=O) groups is 1. The Balaban J connectivity index is 3.13. The quantitative estimate of drug-likeness (QED) is 0.510. The summed E-state index contributed by atoms with van der Waals surface area (Å²) in [6.45, 7) is 0. The molecular formula is C3H5ClO3. The first-order chi connectivity index (χ1) is 3.13. The van der Waals surface area contributed by atoms with Crippen LogP contribution in [0.25, 0.3) is 0 Å². The summed E-state index contributed by atoms with van der Waals surface area (Å²) < 4.78 is 0. The smallest absolute Gasteiger partial charge is 0.307 e. The minimum absolute atomic E-state index is 0.401. The van der Waals surface area contributed by atoms with Crippen LogP contribution in [-0.4, -0.2) is 21.7 Å². The molecule has 0 fully saturated rings. The average Bonchev–Trinajstić information content (AvgIpc) is 1.27. The number of aliphatic carboxylic acids is 1. The molecule has 0 aromatic rings. The molecule has 0 aliphatic carbocycles. The van der Waals surface area contributed by atoms with Gasteiger partial charge in [0, 0.05) is 0 Å². The third-order valence-corrected chi connectivity index (χ3v) is 0.497. The van der Waals surface area contributed by atoms with Gasteiger partial charge in [0.1, 0.15) is 5.56 Å². The normalized spacial score (nSPS) is 13.4. The van der Waals surface area contributed by atoms with Gasteiger partial charge in [-0.05, 0) is 0 Å². The highest BCUT2D eigenvalue weighted by Crippen LogP contribution is 1.94. The number of carboxylic acids is 1. The maximum atomic E-state index is 9.57. The van der Waals surface area contributed by atoms with E-state index < -0.39 is 18.0 Å². The summed E-state index contributed by atoms with van der Waals surface area (Å²) in [5.41, 5.74) is -1.25. The minimum atomic E-state index is -1.25. The number of rotatable bonds is 2. The van der Waals surface area contributed by atoms with Crippen molar-refractivity contribution in [3.8, 4) is 0 Å². The summed E-state index contributed by atoms with van der Waals surface area (Å²) in [4.78, 5) is 9.57. The van der Waals surface area contributed by atoms with E-state index in [2.05, 4.69) is 0 Å². The monoisotopic (exact) mass is 124 g/mol. The lowest BCUT2D eigenvalue weighted by molar-refractivity contribution is -0.138. The topological polar surface area (TPSA) is 57.5 Å². The van der Waals surface area contributed by atoms with E-state index in [9.17, 15) is 4.79 Å². The Bertz CT molecular complexity index is 70.6. The summed E-state index contributed by atoms with van der Waals surface area (Å²) >= 11 is 4.85. The van der Waals surface area contributed by atoms with Gasteiger partial charge in [0.2, 0.25) is 0 Å². The second-order valence-corrected chi connectivity index (χ2v) is 1.54. The first-order valence-corrected chi connectivity index (χ1v) is 2.10. The van der Waals surface area contributed by atoms with Crippen molar-refractivity contribution in [3.05, 3.63) is 0 Å². The molecule has 0 heterocycles. The van der Waals surface area contributed by atoms with E-state index in [4.69, 9.17) is 21.8 Å². The third kappa shape index (κ3) is 5.72. The van der Waals surface area contributed by atoms with E-state index in [1.165, 1.54) is 0 Å². The second-order valence-electron chi connectivity index (χ2n) is 1.03. The first kappa shape index (κ1) is 6.72. The van der Waals surface area contributed by atoms with Crippen LogP contribution >= 0.6 is 11.6 Å². The van der Waals surface area contributed by atoms with Crippen molar-refractivity contribution < 1.29 is 15.0 Å². The van der Waals surface area contributed by atoms with Crippen molar-refractivity contribution in [2.45, 2.75) is 12.0 Å². The SMILES string of the molecule is O=C(O)CC(O)Cl. The summed E-state index contributed by atoms with van der Waals surface area (Å²) in [7, 11) is 0. The standard InChI is InChI=1S/C3H5ClO3/c4-2(5)1-3(6)7/h2,5H,1H2,(H,6,7). The van der Waals surface area contributed by atoms with Crippen molar-refractivity contribution in [2.24, 2.45) is 0 Å². The molecule has 3 nitrogen and oxygen atoms in total. The lowest BCUT2D eigenvalue weighted by Gasteiger charge is -1.91. The van der Waals surface area contributed by atoms with Gasteiger partial charge in [-0.2, -0.15) is 0 Å². The van der Waals surface area contributed by atoms with Crippen molar-refractivity contribution in [1.29, 1.82) is 0 Å². The van der Waals surface area contributed by atoms with E-state index in [-0.39, 0.29) is 0 Å². The summed E-state index contributed by atoms with van der Waals surface area (Å²) in [5.74, 6) is -1.09. The van der Waals surface area contributed by atoms with Crippen LogP contribution in [0.2, 0.25) is 0 Å². The van der Waals surface area contributed by atoms with Crippen LogP contribution in [-0.2, 0) is 4.79 Å². The molecule has 0 saturated heterocycles. The highest BCUT2D eigenvalue weighted by molar-refractivity contribution is 6.20. The molecule has 0 aromatic heterocycles. The van der Waals surface area contributed by atoms with Gasteiger partial charge >= 0.3 is 5.97 Å². The van der Waals surface area contributed by atoms with Crippen LogP contribution < -0.4 is 0 Å². The molecule has 0 aromatic carbocycles. The molecule has 7 heavy (non-hydrogen) atoms. The summed E-state index contributed by atoms with van der Waals surface area (Å²) in [6.07, 6.45) is -0.401. The fourth-order valence-electron chi connectivity index (χ4n) is 0.144. The van der Waals surface area contributed by atoms with E-state index in [0.29, 0.717) is 0 Å². The van der Waals surface area contributed by atoms with E-state index in [1.54, 1.807) is 0 Å². The number of hydrogen-bond acceptors (Lipinski definition) is 2. The Morgan fingerprint density at radius 1 is 1.86 bits per heavy atom. The second kappa shape index (κ2) is 2.82. The Morgan fingerprint density at radius 2 is 2.29 bits per heavy atom. The molecule has 0 saturated carbocycles. The van der Waals surface area contributed by atoms with Crippen LogP contribution in [0, 0.1) is 0 Å². The van der Waals surface area contributed by atoms with Gasteiger partial charge in [-0.3, -0.25) is 4.79 Å². The number of hydrogen-bond donors (Lipinski definition) is 2. The molecule has 0 spiro atoms. The number of aliphatic hydroxyl groups is 1. The van der Waals surface area contributed by atoms with E-state index in [0.717, 1.165) is 0 Å². The molecule has 0 radical (unpaired) electrons. The van der Waals surface area contributed by atoms with Crippen molar-refractivity contribution in [2.75, 3.05) is 0 Å². The largest absolute Gasteiger partial charge is 0.481 e. The zero-order valence-electron chi connectivity index (χ0n) is 3.47. The third-order valence-electron chi connectivity index (χ3n) is 0.343. The van der Waals surface area contributed by atoms with E-state index >= 15 is 0 Å². The highest BCUT2D eigenvalue weighted by atomic mass is 35.5. The zero-order valence-corrected chi connectivity index (χ0v) is 4.22. The number of halogens is 1. The molecule has 0 aliphatic rings. The molecule has 0 rings (SSSR count). The van der Waals surface area contributed by atoms with Crippen LogP contribution in [0.1, 0.15) is 6.42 Å². The lowest BCUT2D eigenvalue weighted by atomic mass is 10.5. The van der Waals surface area contributed by atoms with E-state index in [1.807, 2.05) is 0 Å². The Kier molecular flexibility index (Phi) is 2.71. The zero-order chi connectivity index (χ0) is 5.86. The molecule has 42 valence electrons. The van der Waals surface area contributed by atoms with Gasteiger partial charge in [-0.15, -0.1) is 0 Å².